The van der Waals surface area contributed by atoms with Crippen molar-refractivity contribution in [1.82, 2.24) is 4.31 Å². The summed E-state index contributed by atoms with van der Waals surface area (Å²) in [5, 5.41) is 0. The standard InChI is InChI=1S/C21H23FN2O7S2/c1-23(33(29,30)18-8-6-17(22)7-9-18)13-21(26)31-14-20(25)16-5-10-19-15(12-16)4-3-11-24(19)32(2,27)28/h5-10,12H,3-4,11,13-14H2,1-2H3. The highest BCUT2D eigenvalue weighted by atomic mass is 32.2. The van der Waals surface area contributed by atoms with Gasteiger partial charge in [-0.15, -0.1) is 0 Å². The van der Waals surface area contributed by atoms with Crippen molar-refractivity contribution in [3.8, 4) is 0 Å². The molecule has 2 aromatic carbocycles. The fourth-order valence-electron chi connectivity index (χ4n) is 3.41. The predicted molar refractivity (Wildman–Crippen MR) is 118 cm³/mol. The van der Waals surface area contributed by atoms with E-state index < -0.39 is 50.8 Å². The van der Waals surface area contributed by atoms with Gasteiger partial charge in [-0.3, -0.25) is 13.9 Å². The number of ketones is 1. The second kappa shape index (κ2) is 9.57. The van der Waals surface area contributed by atoms with Gasteiger partial charge in [-0.2, -0.15) is 4.31 Å². The van der Waals surface area contributed by atoms with Gasteiger partial charge >= 0.3 is 5.97 Å². The first-order chi connectivity index (χ1) is 15.4. The largest absolute Gasteiger partial charge is 0.456 e. The Morgan fingerprint density at radius 1 is 1.09 bits per heavy atom. The summed E-state index contributed by atoms with van der Waals surface area (Å²) >= 11 is 0. The number of aryl methyl sites for hydroxylation is 1. The van der Waals surface area contributed by atoms with Crippen molar-refractivity contribution in [1.29, 1.82) is 0 Å². The lowest BCUT2D eigenvalue weighted by molar-refractivity contribution is -0.142. The molecule has 0 spiro atoms. The van der Waals surface area contributed by atoms with E-state index in [9.17, 15) is 30.8 Å². The van der Waals surface area contributed by atoms with Gasteiger partial charge in [0, 0.05) is 19.2 Å². The fraction of sp³-hybridized carbons (Fsp3) is 0.333. The summed E-state index contributed by atoms with van der Waals surface area (Å²) in [5.41, 5.74) is 1.48. The molecule has 0 saturated heterocycles. The summed E-state index contributed by atoms with van der Waals surface area (Å²) < 4.78 is 68.8. The van der Waals surface area contributed by atoms with E-state index in [0.29, 0.717) is 30.6 Å². The van der Waals surface area contributed by atoms with E-state index in [1.54, 1.807) is 12.1 Å². The van der Waals surface area contributed by atoms with E-state index in [2.05, 4.69) is 0 Å². The van der Waals surface area contributed by atoms with Crippen LogP contribution in [-0.2, 0) is 36.0 Å². The van der Waals surface area contributed by atoms with E-state index in [0.717, 1.165) is 34.8 Å². The molecule has 0 fully saturated rings. The number of hydrogen-bond donors (Lipinski definition) is 0. The van der Waals surface area contributed by atoms with Gasteiger partial charge in [-0.25, -0.2) is 21.2 Å². The number of ether oxygens (including phenoxy) is 1. The van der Waals surface area contributed by atoms with Crippen LogP contribution in [0.15, 0.2) is 47.4 Å². The zero-order valence-electron chi connectivity index (χ0n) is 18.0. The molecule has 1 aliphatic heterocycles. The lowest BCUT2D eigenvalue weighted by Gasteiger charge is -2.29. The summed E-state index contributed by atoms with van der Waals surface area (Å²) in [6.45, 7) is -0.872. The summed E-state index contributed by atoms with van der Waals surface area (Å²) in [6.07, 6.45) is 2.34. The molecular weight excluding hydrogens is 475 g/mol. The second-order valence-corrected chi connectivity index (χ2v) is 11.5. The van der Waals surface area contributed by atoms with Gasteiger partial charge in [0.2, 0.25) is 20.0 Å². The molecule has 2 aromatic rings. The molecule has 1 heterocycles. The third-order valence-electron chi connectivity index (χ3n) is 5.12. The molecule has 0 radical (unpaired) electrons. The van der Waals surface area contributed by atoms with Crippen LogP contribution in [0.25, 0.3) is 0 Å². The number of Topliss-reactive ketones (excluding diaryl/α,β-unsaturated/α-hetero) is 1. The van der Waals surface area contributed by atoms with E-state index in [1.807, 2.05) is 0 Å². The van der Waals surface area contributed by atoms with Crippen molar-refractivity contribution in [3.05, 3.63) is 59.4 Å². The van der Waals surface area contributed by atoms with Crippen molar-refractivity contribution in [2.45, 2.75) is 17.7 Å². The summed E-state index contributed by atoms with van der Waals surface area (Å²) in [6, 6.07) is 8.73. The molecule has 0 aromatic heterocycles. The Morgan fingerprint density at radius 2 is 1.76 bits per heavy atom. The first-order valence-electron chi connectivity index (χ1n) is 9.91. The minimum atomic E-state index is -4.04. The highest BCUT2D eigenvalue weighted by Crippen LogP contribution is 2.30. The number of likely N-dealkylation sites (N-methyl/N-ethyl adjacent to an activating group) is 1. The van der Waals surface area contributed by atoms with Crippen LogP contribution in [0.4, 0.5) is 10.1 Å². The lowest BCUT2D eigenvalue weighted by atomic mass is 9.99. The van der Waals surface area contributed by atoms with Gasteiger partial charge in [0.15, 0.2) is 12.4 Å². The number of carbonyl (C=O) groups is 2. The van der Waals surface area contributed by atoms with Crippen molar-refractivity contribution in [2.75, 3.05) is 37.3 Å². The van der Waals surface area contributed by atoms with Crippen LogP contribution >= 0.6 is 0 Å². The normalized spacial score (nSPS) is 14.1. The van der Waals surface area contributed by atoms with Crippen LogP contribution in [0.3, 0.4) is 0 Å². The van der Waals surface area contributed by atoms with Gasteiger partial charge in [0.1, 0.15) is 12.4 Å². The minimum Gasteiger partial charge on any atom is -0.456 e. The fourth-order valence-corrected chi connectivity index (χ4v) is 5.52. The van der Waals surface area contributed by atoms with Gasteiger partial charge in [-0.1, -0.05) is 0 Å². The van der Waals surface area contributed by atoms with E-state index in [4.69, 9.17) is 4.74 Å². The average Bonchev–Trinajstić information content (AvgIpc) is 2.76. The third-order valence-corrected chi connectivity index (χ3v) is 8.11. The number of anilines is 1. The zero-order valence-corrected chi connectivity index (χ0v) is 19.7. The predicted octanol–water partition coefficient (Wildman–Crippen LogP) is 1.58. The number of nitrogens with zero attached hydrogens (tertiary/aromatic N) is 2. The molecule has 1 aliphatic rings. The number of rotatable bonds is 8. The molecule has 0 atom stereocenters. The molecule has 33 heavy (non-hydrogen) atoms. The molecule has 12 heteroatoms. The second-order valence-electron chi connectivity index (χ2n) is 7.58. The van der Waals surface area contributed by atoms with Gasteiger partial charge in [0.05, 0.1) is 16.8 Å². The summed E-state index contributed by atoms with van der Waals surface area (Å²) in [7, 11) is -6.31. The SMILES string of the molecule is CN(CC(=O)OCC(=O)c1ccc2c(c1)CCCN2S(C)(=O)=O)S(=O)(=O)c1ccc(F)cc1. The van der Waals surface area contributed by atoms with Crippen LogP contribution in [0.2, 0.25) is 0 Å². The van der Waals surface area contributed by atoms with Crippen molar-refractivity contribution < 1.29 is 35.6 Å². The van der Waals surface area contributed by atoms with Crippen molar-refractivity contribution in [2.24, 2.45) is 0 Å². The molecule has 178 valence electrons. The molecule has 0 saturated carbocycles. The Bertz CT molecular complexity index is 1280. The number of esters is 1. The smallest absolute Gasteiger partial charge is 0.321 e. The minimum absolute atomic E-state index is 0.188. The van der Waals surface area contributed by atoms with Gasteiger partial charge in [-0.05, 0) is 60.9 Å². The van der Waals surface area contributed by atoms with E-state index >= 15 is 0 Å². The maximum Gasteiger partial charge on any atom is 0.321 e. The van der Waals surface area contributed by atoms with E-state index in [1.165, 1.54) is 17.4 Å². The highest BCUT2D eigenvalue weighted by Gasteiger charge is 2.26. The first kappa shape index (κ1) is 24.8. The van der Waals surface area contributed by atoms with Crippen LogP contribution in [0, 0.1) is 5.82 Å². The molecule has 9 nitrogen and oxygen atoms in total. The molecule has 0 bridgehead atoms. The number of benzene rings is 2. The molecule has 0 N–H and O–H groups in total. The quantitative estimate of drug-likeness (QED) is 0.401. The summed E-state index contributed by atoms with van der Waals surface area (Å²) in [4.78, 5) is 24.4. The molecular formula is C21H23FN2O7S2. The average molecular weight is 499 g/mol. The zero-order chi connectivity index (χ0) is 24.4. The van der Waals surface area contributed by atoms with Crippen molar-refractivity contribution in [3.63, 3.8) is 0 Å². The molecule has 0 aliphatic carbocycles. The molecule has 3 rings (SSSR count). The van der Waals surface area contributed by atoms with Crippen LogP contribution in [0.5, 0.6) is 0 Å². The Labute approximate surface area is 191 Å². The highest BCUT2D eigenvalue weighted by molar-refractivity contribution is 7.92. The number of carbonyl (C=O) groups excluding carboxylic acids is 2. The van der Waals surface area contributed by atoms with Crippen LogP contribution < -0.4 is 4.31 Å². The molecule has 0 amide bonds. The number of halogens is 1. The van der Waals surface area contributed by atoms with Gasteiger partial charge in [0.25, 0.3) is 0 Å². The van der Waals surface area contributed by atoms with Crippen molar-refractivity contribution >= 4 is 37.5 Å². The number of sulfonamides is 2. The Balaban J connectivity index is 1.61. The number of fused-ring (bicyclic) bond motifs is 1. The van der Waals surface area contributed by atoms with Crippen LogP contribution in [-0.4, -0.2) is 65.9 Å². The Hall–Kier alpha value is -2.83. The van der Waals surface area contributed by atoms with Crippen LogP contribution in [0.1, 0.15) is 22.3 Å². The Kier molecular flexibility index (Phi) is 7.20. The summed E-state index contributed by atoms with van der Waals surface area (Å²) in [5.74, 6) is -2.04. The number of hydrogen-bond acceptors (Lipinski definition) is 7. The molecule has 0 unspecified atom stereocenters. The topological polar surface area (TPSA) is 118 Å². The lowest BCUT2D eigenvalue weighted by Crippen LogP contribution is -2.34. The monoisotopic (exact) mass is 498 g/mol. The maximum atomic E-state index is 13.0. The Morgan fingerprint density at radius 3 is 2.39 bits per heavy atom. The third kappa shape index (κ3) is 5.75. The van der Waals surface area contributed by atoms with E-state index in [-0.39, 0.29) is 10.5 Å². The first-order valence-corrected chi connectivity index (χ1v) is 13.2. The van der Waals surface area contributed by atoms with Gasteiger partial charge < -0.3 is 4.74 Å². The maximum absolute atomic E-state index is 13.0.